The van der Waals surface area contributed by atoms with E-state index in [-0.39, 0.29) is 23.7 Å². The van der Waals surface area contributed by atoms with Gasteiger partial charge in [-0.1, -0.05) is 6.07 Å². The van der Waals surface area contributed by atoms with Crippen molar-refractivity contribution in [1.82, 2.24) is 0 Å². The van der Waals surface area contributed by atoms with Gasteiger partial charge in [0.1, 0.15) is 5.82 Å². The van der Waals surface area contributed by atoms with E-state index in [0.717, 1.165) is 0 Å². The molecule has 116 valence electrons. The van der Waals surface area contributed by atoms with Gasteiger partial charge in [-0.25, -0.2) is 12.8 Å². The summed E-state index contributed by atoms with van der Waals surface area (Å²) >= 11 is 0. The predicted molar refractivity (Wildman–Crippen MR) is 78.5 cm³/mol. The lowest BCUT2D eigenvalue weighted by Crippen LogP contribution is -2.36. The summed E-state index contributed by atoms with van der Waals surface area (Å²) in [7, 11) is -3.08. The van der Waals surface area contributed by atoms with Crippen molar-refractivity contribution in [3.8, 4) is 6.07 Å². The molecular formula is C16H16FNO3S. The van der Waals surface area contributed by atoms with Crippen LogP contribution in [0.5, 0.6) is 0 Å². The number of benzene rings is 1. The van der Waals surface area contributed by atoms with E-state index in [2.05, 4.69) is 0 Å². The number of sulfone groups is 1. The zero-order valence-electron chi connectivity index (χ0n) is 12.0. The molecule has 1 aromatic carbocycles. The van der Waals surface area contributed by atoms with E-state index in [4.69, 9.17) is 5.26 Å². The Labute approximate surface area is 128 Å². The molecule has 0 radical (unpaired) electrons. The molecule has 2 heterocycles. The van der Waals surface area contributed by atoms with E-state index in [1.807, 2.05) is 6.07 Å². The van der Waals surface area contributed by atoms with Crippen molar-refractivity contribution in [3.63, 3.8) is 0 Å². The summed E-state index contributed by atoms with van der Waals surface area (Å²) < 4.78 is 37.7. The third kappa shape index (κ3) is 2.44. The number of fused-ring (bicyclic) bond motifs is 2. The molecule has 0 aromatic heterocycles. The fourth-order valence-electron chi connectivity index (χ4n) is 3.66. The molecule has 0 N–H and O–H groups in total. The normalized spacial score (nSPS) is 29.0. The Kier molecular flexibility index (Phi) is 3.77. The highest BCUT2D eigenvalue weighted by atomic mass is 32.2. The maximum absolute atomic E-state index is 13.5. The fraction of sp³-hybridized carbons (Fsp3) is 0.500. The van der Waals surface area contributed by atoms with Gasteiger partial charge in [0.25, 0.3) is 0 Å². The minimum atomic E-state index is -3.08. The fourth-order valence-corrected chi connectivity index (χ4v) is 6.13. The Hall–Kier alpha value is -1.74. The van der Waals surface area contributed by atoms with Gasteiger partial charge in [-0.2, -0.15) is 5.26 Å². The molecule has 22 heavy (non-hydrogen) atoms. The molecule has 2 aliphatic rings. The van der Waals surface area contributed by atoms with Crippen LogP contribution in [0.4, 0.5) is 4.39 Å². The van der Waals surface area contributed by atoms with Crippen molar-refractivity contribution in [2.75, 3.05) is 0 Å². The van der Waals surface area contributed by atoms with Gasteiger partial charge in [0.05, 0.1) is 23.0 Å². The Balaban J connectivity index is 1.90. The van der Waals surface area contributed by atoms with Crippen molar-refractivity contribution < 1.29 is 17.6 Å². The van der Waals surface area contributed by atoms with Crippen LogP contribution < -0.4 is 0 Å². The summed E-state index contributed by atoms with van der Waals surface area (Å²) in [5, 5.41) is 7.96. The Morgan fingerprint density at radius 1 is 1.27 bits per heavy atom. The van der Waals surface area contributed by atoms with Crippen LogP contribution in [-0.2, 0) is 16.3 Å². The molecule has 1 aromatic rings. The summed E-state index contributed by atoms with van der Waals surface area (Å²) in [4.78, 5) is 12.7. The first-order valence-corrected chi connectivity index (χ1v) is 8.96. The van der Waals surface area contributed by atoms with E-state index in [9.17, 15) is 17.6 Å². The van der Waals surface area contributed by atoms with Crippen molar-refractivity contribution in [2.45, 2.75) is 42.6 Å². The number of carbonyl (C=O) groups excluding carboxylic acids is 1. The first-order chi connectivity index (χ1) is 10.4. The molecule has 2 fully saturated rings. The zero-order chi connectivity index (χ0) is 15.9. The third-order valence-corrected chi connectivity index (χ3v) is 7.53. The molecule has 2 atom stereocenters. The van der Waals surface area contributed by atoms with Gasteiger partial charge < -0.3 is 0 Å². The van der Waals surface area contributed by atoms with Crippen LogP contribution in [0.15, 0.2) is 18.2 Å². The van der Waals surface area contributed by atoms with E-state index in [0.29, 0.717) is 31.2 Å². The Bertz CT molecular complexity index is 746. The van der Waals surface area contributed by atoms with E-state index >= 15 is 0 Å². The van der Waals surface area contributed by atoms with Gasteiger partial charge in [-0.15, -0.1) is 0 Å². The van der Waals surface area contributed by atoms with Crippen molar-refractivity contribution in [3.05, 3.63) is 35.1 Å². The zero-order valence-corrected chi connectivity index (χ0v) is 12.8. The highest BCUT2D eigenvalue weighted by Gasteiger charge is 2.48. The van der Waals surface area contributed by atoms with Crippen LogP contribution in [0, 0.1) is 23.1 Å². The van der Waals surface area contributed by atoms with Crippen LogP contribution in [0.25, 0.3) is 0 Å². The second-order valence-corrected chi connectivity index (χ2v) is 8.59. The number of hydrogen-bond acceptors (Lipinski definition) is 4. The molecule has 0 spiro atoms. The number of Topliss-reactive ketones (excluding diaryl/α,β-unsaturated/α-hetero) is 1. The van der Waals surface area contributed by atoms with Crippen LogP contribution >= 0.6 is 0 Å². The molecule has 6 heteroatoms. The third-order valence-electron chi connectivity index (χ3n) is 4.81. The van der Waals surface area contributed by atoms with Gasteiger partial charge in [-0.3, -0.25) is 4.79 Å². The molecule has 0 aliphatic carbocycles. The quantitative estimate of drug-likeness (QED) is 0.801. The lowest BCUT2D eigenvalue weighted by Gasteiger charge is -2.27. The highest BCUT2D eigenvalue weighted by molar-refractivity contribution is 7.93. The summed E-state index contributed by atoms with van der Waals surface area (Å²) in [6.45, 7) is 0. The molecular weight excluding hydrogens is 305 g/mol. The van der Waals surface area contributed by atoms with Crippen LogP contribution in [0.2, 0.25) is 0 Å². The van der Waals surface area contributed by atoms with Gasteiger partial charge in [-0.05, 0) is 43.4 Å². The monoisotopic (exact) mass is 321 g/mol. The predicted octanol–water partition coefficient (Wildman–Crippen LogP) is 2.43. The SMILES string of the molecule is N#CCc1ccc(F)cc1C(=O)C1CC2CCC(C1)S2(=O)=O. The smallest absolute Gasteiger partial charge is 0.166 e. The molecule has 3 rings (SSSR count). The maximum Gasteiger partial charge on any atom is 0.166 e. The number of nitrogens with zero attached hydrogens (tertiary/aromatic N) is 1. The number of halogens is 1. The van der Waals surface area contributed by atoms with Gasteiger partial charge in [0, 0.05) is 11.5 Å². The molecule has 2 unspecified atom stereocenters. The highest BCUT2D eigenvalue weighted by Crippen LogP contribution is 2.42. The number of ketones is 1. The van der Waals surface area contributed by atoms with Crippen LogP contribution in [0.3, 0.4) is 0 Å². The van der Waals surface area contributed by atoms with Gasteiger partial charge in [0.15, 0.2) is 15.6 Å². The minimum Gasteiger partial charge on any atom is -0.294 e. The standard InChI is InChI=1S/C16H16FNO3S/c17-12-2-1-10(5-6-18)15(9-12)16(19)11-7-13-3-4-14(8-11)22(13,20)21/h1-2,9,11,13-14H,3-5,7-8H2. The summed E-state index contributed by atoms with van der Waals surface area (Å²) in [6.07, 6.45) is 1.91. The second kappa shape index (κ2) is 5.47. The molecule has 2 bridgehead atoms. The van der Waals surface area contributed by atoms with E-state index < -0.39 is 26.2 Å². The van der Waals surface area contributed by atoms with E-state index in [1.165, 1.54) is 18.2 Å². The minimum absolute atomic E-state index is 0.0409. The molecule has 0 amide bonds. The summed E-state index contributed by atoms with van der Waals surface area (Å²) in [5.74, 6) is -1.13. The average molecular weight is 321 g/mol. The van der Waals surface area contributed by atoms with Crippen molar-refractivity contribution in [2.24, 2.45) is 5.92 Å². The first kappa shape index (κ1) is 15.2. The number of nitriles is 1. The van der Waals surface area contributed by atoms with Crippen molar-refractivity contribution in [1.29, 1.82) is 5.26 Å². The molecule has 2 saturated heterocycles. The lowest BCUT2D eigenvalue weighted by molar-refractivity contribution is 0.0904. The number of carbonyl (C=O) groups is 1. The lowest BCUT2D eigenvalue weighted by atomic mass is 9.87. The maximum atomic E-state index is 13.5. The summed E-state index contributed by atoms with van der Waals surface area (Å²) in [5.41, 5.74) is 0.736. The summed E-state index contributed by atoms with van der Waals surface area (Å²) in [6, 6.07) is 5.83. The number of rotatable bonds is 3. The molecule has 2 aliphatic heterocycles. The largest absolute Gasteiger partial charge is 0.294 e. The second-order valence-electron chi connectivity index (χ2n) is 6.08. The average Bonchev–Trinajstić information content (AvgIpc) is 2.68. The van der Waals surface area contributed by atoms with Crippen LogP contribution in [0.1, 0.15) is 41.6 Å². The number of hydrogen-bond donors (Lipinski definition) is 0. The van der Waals surface area contributed by atoms with Gasteiger partial charge in [0.2, 0.25) is 0 Å². The van der Waals surface area contributed by atoms with Crippen LogP contribution in [-0.4, -0.2) is 24.7 Å². The topological polar surface area (TPSA) is 75.0 Å². The van der Waals surface area contributed by atoms with E-state index in [1.54, 1.807) is 0 Å². The van der Waals surface area contributed by atoms with Crippen molar-refractivity contribution >= 4 is 15.6 Å². The van der Waals surface area contributed by atoms with Gasteiger partial charge >= 0.3 is 0 Å². The Morgan fingerprint density at radius 3 is 2.50 bits per heavy atom. The Morgan fingerprint density at radius 2 is 1.91 bits per heavy atom. The molecule has 0 saturated carbocycles. The molecule has 4 nitrogen and oxygen atoms in total. The first-order valence-electron chi connectivity index (χ1n) is 7.35.